The summed E-state index contributed by atoms with van der Waals surface area (Å²) in [5, 5.41) is 3.32. The van der Waals surface area contributed by atoms with Gasteiger partial charge in [-0.2, -0.15) is 0 Å². The summed E-state index contributed by atoms with van der Waals surface area (Å²) in [4.78, 5) is 24.7. The first kappa shape index (κ1) is 14.0. The van der Waals surface area contributed by atoms with Crippen LogP contribution in [0.4, 0.5) is 5.00 Å². The fourth-order valence-electron chi connectivity index (χ4n) is 1.95. The highest BCUT2D eigenvalue weighted by molar-refractivity contribution is 7.16. The van der Waals surface area contributed by atoms with Gasteiger partial charge in [0.05, 0.1) is 12.7 Å². The van der Waals surface area contributed by atoms with Crippen LogP contribution in [-0.2, 0) is 20.7 Å². The van der Waals surface area contributed by atoms with Gasteiger partial charge in [-0.25, -0.2) is 4.79 Å². The van der Waals surface area contributed by atoms with Gasteiger partial charge >= 0.3 is 5.97 Å². The largest absolute Gasteiger partial charge is 0.465 e. The lowest BCUT2D eigenvalue weighted by Crippen LogP contribution is -2.27. The lowest BCUT2D eigenvalue weighted by molar-refractivity contribution is -0.124. The minimum absolute atomic E-state index is 0.188. The summed E-state index contributed by atoms with van der Waals surface area (Å²) in [6, 6.07) is 1.77. The van der Waals surface area contributed by atoms with Crippen LogP contribution in [0, 0.1) is 0 Å². The molecule has 1 aliphatic heterocycles. The molecule has 2 rings (SSSR count). The Morgan fingerprint density at radius 2 is 2.37 bits per heavy atom. The second kappa shape index (κ2) is 6.16. The molecule has 1 atom stereocenters. The van der Waals surface area contributed by atoms with E-state index in [0.717, 1.165) is 24.1 Å². The number of nitrogens with one attached hydrogen (secondary N) is 1. The van der Waals surface area contributed by atoms with Crippen molar-refractivity contribution in [1.29, 1.82) is 0 Å². The SMILES string of the molecule is CCc1cc(C(=O)OC)c(NC(=O)[C@@H]2CCCO2)s1. The van der Waals surface area contributed by atoms with Gasteiger partial charge in [0.2, 0.25) is 0 Å². The molecular formula is C13H17NO4S. The molecule has 0 radical (unpaired) electrons. The number of hydrogen-bond donors (Lipinski definition) is 1. The number of carbonyl (C=O) groups is 2. The van der Waals surface area contributed by atoms with Crippen molar-refractivity contribution >= 4 is 28.2 Å². The third kappa shape index (κ3) is 3.13. The number of amides is 1. The molecule has 1 fully saturated rings. The standard InChI is InChI=1S/C13H17NO4S/c1-3-8-7-9(13(16)17-2)12(19-8)14-11(15)10-5-4-6-18-10/h7,10H,3-6H2,1-2H3,(H,14,15)/t10-/m0/s1. The number of esters is 1. The van der Waals surface area contributed by atoms with Crippen molar-refractivity contribution in [2.75, 3.05) is 19.0 Å². The predicted octanol–water partition coefficient (Wildman–Crippen LogP) is 2.21. The number of rotatable bonds is 4. The highest BCUT2D eigenvalue weighted by Gasteiger charge is 2.26. The van der Waals surface area contributed by atoms with E-state index in [1.54, 1.807) is 6.07 Å². The van der Waals surface area contributed by atoms with E-state index >= 15 is 0 Å². The maximum absolute atomic E-state index is 12.0. The molecule has 1 aromatic heterocycles. The Kier molecular flexibility index (Phi) is 4.55. The van der Waals surface area contributed by atoms with Crippen molar-refractivity contribution in [2.24, 2.45) is 0 Å². The van der Waals surface area contributed by atoms with Gasteiger partial charge in [0.25, 0.3) is 5.91 Å². The van der Waals surface area contributed by atoms with Crippen LogP contribution in [-0.4, -0.2) is 31.7 Å². The van der Waals surface area contributed by atoms with Gasteiger partial charge in [-0.05, 0) is 25.3 Å². The third-order valence-electron chi connectivity index (χ3n) is 3.00. The number of methoxy groups -OCH3 is 1. The molecule has 6 heteroatoms. The Morgan fingerprint density at radius 1 is 1.58 bits per heavy atom. The Bertz CT molecular complexity index is 477. The summed E-state index contributed by atoms with van der Waals surface area (Å²) < 4.78 is 10.1. The summed E-state index contributed by atoms with van der Waals surface area (Å²) in [6.07, 6.45) is 2.03. The van der Waals surface area contributed by atoms with Crippen molar-refractivity contribution < 1.29 is 19.1 Å². The van der Waals surface area contributed by atoms with Crippen molar-refractivity contribution in [3.05, 3.63) is 16.5 Å². The molecular weight excluding hydrogens is 266 g/mol. The summed E-state index contributed by atoms with van der Waals surface area (Å²) in [5.41, 5.74) is 0.413. The fraction of sp³-hybridized carbons (Fsp3) is 0.538. The van der Waals surface area contributed by atoms with E-state index in [0.29, 0.717) is 17.2 Å². The van der Waals surface area contributed by atoms with Crippen LogP contribution in [0.25, 0.3) is 0 Å². The smallest absolute Gasteiger partial charge is 0.340 e. The monoisotopic (exact) mass is 283 g/mol. The van der Waals surface area contributed by atoms with Gasteiger partial charge in [-0.3, -0.25) is 4.79 Å². The first-order valence-corrected chi connectivity index (χ1v) is 7.10. The molecule has 2 heterocycles. The van der Waals surface area contributed by atoms with Crippen molar-refractivity contribution in [1.82, 2.24) is 0 Å². The number of carbonyl (C=O) groups excluding carboxylic acids is 2. The lowest BCUT2D eigenvalue weighted by Gasteiger charge is -2.09. The molecule has 0 unspecified atom stereocenters. The highest BCUT2D eigenvalue weighted by Crippen LogP contribution is 2.30. The quantitative estimate of drug-likeness (QED) is 0.860. The number of thiophene rings is 1. The van der Waals surface area contributed by atoms with Crippen LogP contribution in [0.2, 0.25) is 0 Å². The van der Waals surface area contributed by atoms with Crippen LogP contribution in [0.1, 0.15) is 35.0 Å². The van der Waals surface area contributed by atoms with Gasteiger partial charge in [0.15, 0.2) is 0 Å². The van der Waals surface area contributed by atoms with Crippen LogP contribution in [0.5, 0.6) is 0 Å². The molecule has 104 valence electrons. The fourth-order valence-corrected chi connectivity index (χ4v) is 2.93. The molecule has 19 heavy (non-hydrogen) atoms. The number of anilines is 1. The van der Waals surface area contributed by atoms with Crippen LogP contribution in [0.3, 0.4) is 0 Å². The topological polar surface area (TPSA) is 64.6 Å². The molecule has 1 amide bonds. The summed E-state index contributed by atoms with van der Waals surface area (Å²) in [5.74, 6) is -0.620. The zero-order valence-corrected chi connectivity index (χ0v) is 11.8. The van der Waals surface area contributed by atoms with Crippen LogP contribution in [0.15, 0.2) is 6.07 Å². The molecule has 0 bridgehead atoms. The number of hydrogen-bond acceptors (Lipinski definition) is 5. The minimum Gasteiger partial charge on any atom is -0.465 e. The Labute approximate surface area is 115 Å². The Balaban J connectivity index is 2.15. The number of ether oxygens (including phenoxy) is 2. The zero-order chi connectivity index (χ0) is 13.8. The van der Waals surface area contributed by atoms with E-state index in [1.165, 1.54) is 18.4 Å². The van der Waals surface area contributed by atoms with Gasteiger partial charge in [-0.15, -0.1) is 11.3 Å². The molecule has 1 N–H and O–H groups in total. The molecule has 5 nitrogen and oxygen atoms in total. The highest BCUT2D eigenvalue weighted by atomic mass is 32.1. The van der Waals surface area contributed by atoms with Crippen LogP contribution >= 0.6 is 11.3 Å². The van der Waals surface area contributed by atoms with Gasteiger partial charge in [-0.1, -0.05) is 6.92 Å². The van der Waals surface area contributed by atoms with Gasteiger partial charge < -0.3 is 14.8 Å². The summed E-state index contributed by atoms with van der Waals surface area (Å²) in [6.45, 7) is 2.62. The Morgan fingerprint density at radius 3 is 2.95 bits per heavy atom. The van der Waals surface area contributed by atoms with Crippen LogP contribution < -0.4 is 5.32 Å². The zero-order valence-electron chi connectivity index (χ0n) is 11.0. The second-order valence-corrected chi connectivity index (χ2v) is 5.43. The lowest BCUT2D eigenvalue weighted by atomic mass is 10.2. The van der Waals surface area contributed by atoms with Crippen molar-refractivity contribution in [2.45, 2.75) is 32.3 Å². The van der Waals surface area contributed by atoms with Crippen molar-refractivity contribution in [3.63, 3.8) is 0 Å². The maximum Gasteiger partial charge on any atom is 0.340 e. The van der Waals surface area contributed by atoms with E-state index in [4.69, 9.17) is 9.47 Å². The first-order valence-electron chi connectivity index (χ1n) is 6.29. The average Bonchev–Trinajstić information content (AvgIpc) is 3.06. The van der Waals surface area contributed by atoms with Gasteiger partial charge in [0.1, 0.15) is 11.1 Å². The van der Waals surface area contributed by atoms with E-state index in [2.05, 4.69) is 5.32 Å². The molecule has 0 aromatic carbocycles. The first-order chi connectivity index (χ1) is 9.15. The molecule has 0 saturated carbocycles. The summed E-state index contributed by atoms with van der Waals surface area (Å²) in [7, 11) is 1.33. The number of aryl methyl sites for hydroxylation is 1. The van der Waals surface area contributed by atoms with E-state index in [1.807, 2.05) is 6.92 Å². The van der Waals surface area contributed by atoms with Crippen molar-refractivity contribution in [3.8, 4) is 0 Å². The Hall–Kier alpha value is -1.40. The normalized spacial score (nSPS) is 18.3. The molecule has 1 saturated heterocycles. The van der Waals surface area contributed by atoms with Gasteiger partial charge in [0, 0.05) is 11.5 Å². The molecule has 1 aliphatic rings. The molecule has 0 aliphatic carbocycles. The predicted molar refractivity (Wildman–Crippen MR) is 72.6 cm³/mol. The second-order valence-electron chi connectivity index (χ2n) is 4.29. The van der Waals surface area contributed by atoms with E-state index in [9.17, 15) is 9.59 Å². The molecule has 0 spiro atoms. The minimum atomic E-state index is -0.432. The van der Waals surface area contributed by atoms with E-state index < -0.39 is 12.1 Å². The van der Waals surface area contributed by atoms with E-state index in [-0.39, 0.29) is 5.91 Å². The molecule has 1 aromatic rings. The average molecular weight is 283 g/mol. The third-order valence-corrected chi connectivity index (χ3v) is 4.19. The summed E-state index contributed by atoms with van der Waals surface area (Å²) >= 11 is 1.40. The maximum atomic E-state index is 12.0.